The van der Waals surface area contributed by atoms with Crippen molar-refractivity contribution < 1.29 is 4.79 Å². The zero-order valence-electron chi connectivity index (χ0n) is 12.1. The van der Waals surface area contributed by atoms with Gasteiger partial charge in [-0.3, -0.25) is 4.79 Å². The summed E-state index contributed by atoms with van der Waals surface area (Å²) in [7, 11) is 0. The number of carbonyl (C=O) groups excluding carboxylic acids is 1. The van der Waals surface area contributed by atoms with E-state index in [9.17, 15) is 4.79 Å². The van der Waals surface area contributed by atoms with E-state index in [1.165, 1.54) is 5.56 Å². The normalized spacial score (nSPS) is 10.8. The number of imidazole rings is 1. The molecule has 0 spiro atoms. The van der Waals surface area contributed by atoms with Gasteiger partial charge in [-0.2, -0.15) is 0 Å². The van der Waals surface area contributed by atoms with Crippen molar-refractivity contribution in [3.63, 3.8) is 0 Å². The second-order valence-corrected chi connectivity index (χ2v) is 5.24. The van der Waals surface area contributed by atoms with Crippen LogP contribution in [0.1, 0.15) is 27.2 Å². The van der Waals surface area contributed by atoms with Crippen molar-refractivity contribution in [3.05, 3.63) is 71.2 Å². The molecule has 0 aliphatic rings. The van der Waals surface area contributed by atoms with Gasteiger partial charge in [0.1, 0.15) is 5.65 Å². The zero-order chi connectivity index (χ0) is 14.8. The van der Waals surface area contributed by atoms with Crippen molar-refractivity contribution >= 4 is 11.6 Å². The Morgan fingerprint density at radius 3 is 2.86 bits per heavy atom. The van der Waals surface area contributed by atoms with Crippen LogP contribution in [-0.4, -0.2) is 15.3 Å². The first-order valence-corrected chi connectivity index (χ1v) is 6.91. The van der Waals surface area contributed by atoms with Crippen LogP contribution in [0.5, 0.6) is 0 Å². The number of aryl methyl sites for hydroxylation is 2. The van der Waals surface area contributed by atoms with Gasteiger partial charge in [0.25, 0.3) is 5.91 Å². The van der Waals surface area contributed by atoms with Crippen molar-refractivity contribution in [1.82, 2.24) is 14.7 Å². The molecule has 2 heterocycles. The monoisotopic (exact) mass is 279 g/mol. The van der Waals surface area contributed by atoms with Crippen LogP contribution < -0.4 is 5.32 Å². The van der Waals surface area contributed by atoms with Gasteiger partial charge in [-0.05, 0) is 31.5 Å². The highest BCUT2D eigenvalue weighted by molar-refractivity contribution is 5.94. The first-order valence-electron chi connectivity index (χ1n) is 6.91. The Labute approximate surface area is 123 Å². The smallest absolute Gasteiger partial charge is 0.253 e. The lowest BCUT2D eigenvalue weighted by Gasteiger charge is -2.06. The molecule has 0 radical (unpaired) electrons. The molecule has 21 heavy (non-hydrogen) atoms. The van der Waals surface area contributed by atoms with Crippen molar-refractivity contribution in [2.45, 2.75) is 20.4 Å². The molecule has 0 atom stereocenters. The summed E-state index contributed by atoms with van der Waals surface area (Å²) in [5.41, 5.74) is 4.71. The molecule has 1 amide bonds. The maximum atomic E-state index is 12.2. The van der Waals surface area contributed by atoms with Gasteiger partial charge in [0.15, 0.2) is 0 Å². The summed E-state index contributed by atoms with van der Waals surface area (Å²) in [5.74, 6) is -0.0789. The van der Waals surface area contributed by atoms with E-state index in [2.05, 4.69) is 16.4 Å². The SMILES string of the molecule is Cc1cccc(CNC(=O)c2ccc3nc(C)cn3c2)c1. The number of fused-ring (bicyclic) bond motifs is 1. The molecule has 2 aromatic heterocycles. The molecule has 0 unspecified atom stereocenters. The van der Waals surface area contributed by atoms with E-state index >= 15 is 0 Å². The van der Waals surface area contributed by atoms with Crippen molar-refractivity contribution in [1.29, 1.82) is 0 Å². The highest BCUT2D eigenvalue weighted by atomic mass is 16.1. The van der Waals surface area contributed by atoms with Crippen LogP contribution >= 0.6 is 0 Å². The van der Waals surface area contributed by atoms with Crippen molar-refractivity contribution in [3.8, 4) is 0 Å². The predicted molar refractivity (Wildman–Crippen MR) is 82.3 cm³/mol. The molecule has 0 fully saturated rings. The summed E-state index contributed by atoms with van der Waals surface area (Å²) < 4.78 is 1.87. The van der Waals surface area contributed by atoms with Crippen LogP contribution in [-0.2, 0) is 6.54 Å². The molecule has 1 aromatic carbocycles. The number of nitrogens with zero attached hydrogens (tertiary/aromatic N) is 2. The molecule has 3 rings (SSSR count). The molecule has 0 saturated heterocycles. The maximum absolute atomic E-state index is 12.2. The van der Waals surface area contributed by atoms with Crippen LogP contribution in [0.4, 0.5) is 0 Å². The maximum Gasteiger partial charge on any atom is 0.253 e. The standard InChI is InChI=1S/C17H17N3O/c1-12-4-3-5-14(8-12)9-18-17(21)15-6-7-16-19-13(2)10-20(16)11-15/h3-8,10-11H,9H2,1-2H3,(H,18,21). The van der Waals surface area contributed by atoms with Gasteiger partial charge in [-0.25, -0.2) is 4.98 Å². The van der Waals surface area contributed by atoms with Crippen LogP contribution in [0.15, 0.2) is 48.8 Å². The van der Waals surface area contributed by atoms with E-state index in [-0.39, 0.29) is 5.91 Å². The number of amides is 1. The molecular weight excluding hydrogens is 262 g/mol. The van der Waals surface area contributed by atoms with Crippen molar-refractivity contribution in [2.75, 3.05) is 0 Å². The van der Waals surface area contributed by atoms with Gasteiger partial charge >= 0.3 is 0 Å². The number of pyridine rings is 1. The molecule has 0 bridgehead atoms. The molecule has 0 aliphatic carbocycles. The van der Waals surface area contributed by atoms with Crippen LogP contribution in [0.25, 0.3) is 5.65 Å². The fraction of sp³-hybridized carbons (Fsp3) is 0.176. The quantitative estimate of drug-likeness (QED) is 0.801. The lowest BCUT2D eigenvalue weighted by atomic mass is 10.1. The molecular formula is C17H17N3O. The fourth-order valence-corrected chi connectivity index (χ4v) is 2.36. The Morgan fingerprint density at radius 1 is 1.19 bits per heavy atom. The summed E-state index contributed by atoms with van der Waals surface area (Å²) in [5, 5.41) is 2.94. The van der Waals surface area contributed by atoms with Crippen LogP contribution in [0.2, 0.25) is 0 Å². The number of nitrogens with one attached hydrogen (secondary N) is 1. The van der Waals surface area contributed by atoms with Crippen LogP contribution in [0.3, 0.4) is 0 Å². The third-order valence-corrected chi connectivity index (χ3v) is 3.37. The van der Waals surface area contributed by atoms with Gasteiger partial charge in [-0.1, -0.05) is 29.8 Å². The summed E-state index contributed by atoms with van der Waals surface area (Å²) in [6.07, 6.45) is 3.72. The Hall–Kier alpha value is -2.62. The van der Waals surface area contributed by atoms with Gasteiger partial charge in [0.05, 0.1) is 11.3 Å². The Balaban J connectivity index is 1.74. The van der Waals surface area contributed by atoms with E-state index in [4.69, 9.17) is 0 Å². The van der Waals surface area contributed by atoms with Gasteiger partial charge in [0.2, 0.25) is 0 Å². The summed E-state index contributed by atoms with van der Waals surface area (Å²) in [4.78, 5) is 16.6. The zero-order valence-corrected chi connectivity index (χ0v) is 12.1. The average Bonchev–Trinajstić information content (AvgIpc) is 2.84. The topological polar surface area (TPSA) is 46.4 Å². The van der Waals surface area contributed by atoms with E-state index in [1.807, 2.05) is 48.7 Å². The molecule has 3 aromatic rings. The molecule has 4 nitrogen and oxygen atoms in total. The minimum atomic E-state index is -0.0789. The largest absolute Gasteiger partial charge is 0.348 e. The van der Waals surface area contributed by atoms with Gasteiger partial charge in [0, 0.05) is 18.9 Å². The number of aromatic nitrogens is 2. The molecule has 0 aliphatic heterocycles. The Kier molecular flexibility index (Phi) is 3.44. The molecule has 4 heteroatoms. The Bertz CT molecular complexity index is 805. The van der Waals surface area contributed by atoms with Crippen molar-refractivity contribution in [2.24, 2.45) is 0 Å². The average molecular weight is 279 g/mol. The summed E-state index contributed by atoms with van der Waals surface area (Å²) in [6.45, 7) is 4.51. The van der Waals surface area contributed by atoms with Gasteiger partial charge in [-0.15, -0.1) is 0 Å². The number of carbonyl (C=O) groups is 1. The highest BCUT2D eigenvalue weighted by Crippen LogP contribution is 2.08. The minimum Gasteiger partial charge on any atom is -0.348 e. The lowest BCUT2D eigenvalue weighted by Crippen LogP contribution is -2.23. The first-order chi connectivity index (χ1) is 10.1. The third-order valence-electron chi connectivity index (χ3n) is 3.37. The second kappa shape index (κ2) is 5.40. The molecule has 106 valence electrons. The van der Waals surface area contributed by atoms with E-state index in [0.29, 0.717) is 12.1 Å². The number of hydrogen-bond acceptors (Lipinski definition) is 2. The predicted octanol–water partition coefficient (Wildman–Crippen LogP) is 2.88. The Morgan fingerprint density at radius 2 is 2.05 bits per heavy atom. The van der Waals surface area contributed by atoms with E-state index < -0.39 is 0 Å². The highest BCUT2D eigenvalue weighted by Gasteiger charge is 2.07. The fourth-order valence-electron chi connectivity index (χ4n) is 2.36. The third kappa shape index (κ3) is 2.94. The minimum absolute atomic E-state index is 0.0789. The lowest BCUT2D eigenvalue weighted by molar-refractivity contribution is 0.0950. The molecule has 0 saturated carbocycles. The second-order valence-electron chi connectivity index (χ2n) is 5.24. The van der Waals surface area contributed by atoms with E-state index in [1.54, 1.807) is 12.3 Å². The number of hydrogen-bond donors (Lipinski definition) is 1. The summed E-state index contributed by atoms with van der Waals surface area (Å²) in [6, 6.07) is 11.8. The van der Waals surface area contributed by atoms with Gasteiger partial charge < -0.3 is 9.72 Å². The van der Waals surface area contributed by atoms with Crippen LogP contribution in [0, 0.1) is 13.8 Å². The number of rotatable bonds is 3. The summed E-state index contributed by atoms with van der Waals surface area (Å²) >= 11 is 0. The first kappa shape index (κ1) is 13.4. The molecule has 1 N–H and O–H groups in total. The van der Waals surface area contributed by atoms with E-state index in [0.717, 1.165) is 16.9 Å². The number of benzene rings is 1.